The highest BCUT2D eigenvalue weighted by Crippen LogP contribution is 2.31. The summed E-state index contributed by atoms with van der Waals surface area (Å²) >= 11 is 1.18. The summed E-state index contributed by atoms with van der Waals surface area (Å²) in [5.74, 6) is -0.750. The first-order valence-corrected chi connectivity index (χ1v) is 8.72. The number of carbonyl (C=O) groups is 1. The Balaban J connectivity index is 1.92. The van der Waals surface area contributed by atoms with Gasteiger partial charge >= 0.3 is 5.97 Å². The van der Waals surface area contributed by atoms with Crippen LogP contribution in [0.1, 0.15) is 22.3 Å². The molecule has 1 saturated heterocycles. The zero-order chi connectivity index (χ0) is 16.9. The first kappa shape index (κ1) is 17.0. The summed E-state index contributed by atoms with van der Waals surface area (Å²) in [7, 11) is 0. The number of rotatable bonds is 5. The van der Waals surface area contributed by atoms with Crippen LogP contribution < -0.4 is 0 Å². The van der Waals surface area contributed by atoms with Crippen LogP contribution in [0.2, 0.25) is 0 Å². The highest BCUT2D eigenvalue weighted by atomic mass is 32.1. The number of esters is 1. The zero-order valence-corrected chi connectivity index (χ0v) is 14.3. The summed E-state index contributed by atoms with van der Waals surface area (Å²) in [4.78, 5) is 19.4. The van der Waals surface area contributed by atoms with E-state index in [2.05, 4.69) is 9.88 Å². The number of carbonyl (C=O) groups excluding carboxylic acids is 1. The lowest BCUT2D eigenvalue weighted by Crippen LogP contribution is -2.36. The highest BCUT2D eigenvalue weighted by molar-refractivity contribution is 7.17. The Morgan fingerprint density at radius 1 is 1.38 bits per heavy atom. The molecule has 1 aliphatic heterocycles. The van der Waals surface area contributed by atoms with Crippen molar-refractivity contribution in [3.8, 4) is 10.6 Å². The molecule has 128 valence electrons. The van der Waals surface area contributed by atoms with E-state index in [-0.39, 0.29) is 5.82 Å². The second-order valence-corrected chi connectivity index (χ2v) is 6.38. The van der Waals surface area contributed by atoms with Gasteiger partial charge in [0, 0.05) is 25.2 Å². The molecule has 1 aromatic carbocycles. The van der Waals surface area contributed by atoms with Gasteiger partial charge in [0.2, 0.25) is 0 Å². The molecule has 7 heteroatoms. The van der Waals surface area contributed by atoms with E-state index in [1.54, 1.807) is 25.1 Å². The smallest absolute Gasteiger partial charge is 0.350 e. The van der Waals surface area contributed by atoms with E-state index in [1.165, 1.54) is 17.4 Å². The van der Waals surface area contributed by atoms with Crippen LogP contribution in [0, 0.1) is 5.82 Å². The van der Waals surface area contributed by atoms with Crippen molar-refractivity contribution >= 4 is 17.3 Å². The first-order valence-electron chi connectivity index (χ1n) is 7.91. The van der Waals surface area contributed by atoms with Crippen molar-refractivity contribution in [3.63, 3.8) is 0 Å². The Bertz CT molecular complexity index is 714. The van der Waals surface area contributed by atoms with Gasteiger partial charge in [-0.3, -0.25) is 4.90 Å². The summed E-state index contributed by atoms with van der Waals surface area (Å²) in [5, 5.41) is 0.499. The van der Waals surface area contributed by atoms with Crippen molar-refractivity contribution in [2.24, 2.45) is 0 Å². The lowest BCUT2D eigenvalue weighted by atomic mass is 10.2. The average molecular weight is 350 g/mol. The van der Waals surface area contributed by atoms with Crippen LogP contribution in [0.4, 0.5) is 4.39 Å². The number of morpholine rings is 1. The number of nitrogens with zero attached hydrogens (tertiary/aromatic N) is 2. The average Bonchev–Trinajstić information content (AvgIpc) is 3.00. The van der Waals surface area contributed by atoms with E-state index >= 15 is 0 Å². The molecule has 0 unspecified atom stereocenters. The van der Waals surface area contributed by atoms with Crippen LogP contribution in [0.15, 0.2) is 24.3 Å². The maximum Gasteiger partial charge on any atom is 0.350 e. The predicted octanol–water partition coefficient (Wildman–Crippen LogP) is 2.96. The monoisotopic (exact) mass is 350 g/mol. The fourth-order valence-corrected chi connectivity index (χ4v) is 3.53. The summed E-state index contributed by atoms with van der Waals surface area (Å²) < 4.78 is 24.5. The van der Waals surface area contributed by atoms with E-state index in [0.717, 1.165) is 13.1 Å². The Hall–Kier alpha value is -1.83. The second kappa shape index (κ2) is 7.83. The van der Waals surface area contributed by atoms with Crippen LogP contribution >= 0.6 is 11.3 Å². The number of benzene rings is 1. The fourth-order valence-electron chi connectivity index (χ4n) is 2.54. The molecule has 0 atom stereocenters. The molecule has 2 aromatic rings. The third kappa shape index (κ3) is 3.80. The van der Waals surface area contributed by atoms with Crippen molar-refractivity contribution in [2.45, 2.75) is 13.5 Å². The first-order chi connectivity index (χ1) is 11.7. The number of aromatic nitrogens is 1. The maximum atomic E-state index is 14.0. The molecule has 1 fully saturated rings. The molecule has 1 aromatic heterocycles. The van der Waals surface area contributed by atoms with E-state index in [9.17, 15) is 9.18 Å². The highest BCUT2D eigenvalue weighted by Gasteiger charge is 2.23. The van der Waals surface area contributed by atoms with Crippen molar-refractivity contribution in [1.29, 1.82) is 0 Å². The lowest BCUT2D eigenvalue weighted by Gasteiger charge is -2.25. The van der Waals surface area contributed by atoms with Gasteiger partial charge in [-0.05, 0) is 19.1 Å². The number of thiazole rings is 1. The molecular formula is C17H19FN2O3S. The predicted molar refractivity (Wildman–Crippen MR) is 89.6 cm³/mol. The Morgan fingerprint density at radius 2 is 2.12 bits per heavy atom. The van der Waals surface area contributed by atoms with Crippen molar-refractivity contribution in [1.82, 2.24) is 9.88 Å². The van der Waals surface area contributed by atoms with Crippen molar-refractivity contribution in [2.75, 3.05) is 32.9 Å². The SMILES string of the molecule is CCOC(=O)c1sc(-c2ccccc2F)nc1CN1CCOCC1. The van der Waals surface area contributed by atoms with Crippen LogP contribution in [-0.2, 0) is 16.0 Å². The van der Waals surface area contributed by atoms with Gasteiger partial charge in [-0.15, -0.1) is 11.3 Å². The summed E-state index contributed by atoms with van der Waals surface area (Å²) in [6.07, 6.45) is 0. The molecule has 0 N–H and O–H groups in total. The van der Waals surface area contributed by atoms with E-state index in [0.29, 0.717) is 47.5 Å². The second-order valence-electron chi connectivity index (χ2n) is 5.38. The van der Waals surface area contributed by atoms with Gasteiger partial charge in [0.05, 0.1) is 25.5 Å². The van der Waals surface area contributed by atoms with E-state index in [1.807, 2.05) is 0 Å². The minimum absolute atomic E-state index is 0.294. The Morgan fingerprint density at radius 3 is 2.83 bits per heavy atom. The number of hydrogen-bond donors (Lipinski definition) is 0. The standard InChI is InChI=1S/C17H19FN2O3S/c1-2-23-17(21)15-14(11-20-7-9-22-10-8-20)19-16(24-15)12-5-3-4-6-13(12)18/h3-6H,2,7-11H2,1H3. The molecule has 0 aliphatic carbocycles. The molecular weight excluding hydrogens is 331 g/mol. The maximum absolute atomic E-state index is 14.0. The number of halogens is 1. The summed E-state index contributed by atoms with van der Waals surface area (Å²) in [6, 6.07) is 6.45. The van der Waals surface area contributed by atoms with Crippen molar-refractivity contribution < 1.29 is 18.7 Å². The lowest BCUT2D eigenvalue weighted by molar-refractivity contribution is 0.0332. The van der Waals surface area contributed by atoms with Gasteiger partial charge in [0.25, 0.3) is 0 Å². The van der Waals surface area contributed by atoms with Crippen LogP contribution in [0.5, 0.6) is 0 Å². The molecule has 24 heavy (non-hydrogen) atoms. The van der Waals surface area contributed by atoms with Crippen molar-refractivity contribution in [3.05, 3.63) is 40.7 Å². The minimum atomic E-state index is -0.402. The Labute approximate surface area is 144 Å². The zero-order valence-electron chi connectivity index (χ0n) is 13.5. The normalized spacial score (nSPS) is 15.4. The van der Waals surface area contributed by atoms with Gasteiger partial charge in [0.1, 0.15) is 15.7 Å². The fraction of sp³-hybridized carbons (Fsp3) is 0.412. The molecule has 2 heterocycles. The van der Waals surface area contributed by atoms with Gasteiger partial charge in [0.15, 0.2) is 0 Å². The molecule has 0 amide bonds. The van der Waals surface area contributed by atoms with Gasteiger partial charge in [-0.25, -0.2) is 14.2 Å². The van der Waals surface area contributed by atoms with E-state index < -0.39 is 5.97 Å². The minimum Gasteiger partial charge on any atom is -0.462 e. The molecule has 3 rings (SSSR count). The molecule has 0 bridgehead atoms. The number of hydrogen-bond acceptors (Lipinski definition) is 6. The van der Waals surface area contributed by atoms with E-state index in [4.69, 9.17) is 9.47 Å². The van der Waals surface area contributed by atoms with Crippen LogP contribution in [0.3, 0.4) is 0 Å². The van der Waals surface area contributed by atoms with Crippen LogP contribution in [-0.4, -0.2) is 48.8 Å². The van der Waals surface area contributed by atoms with Gasteiger partial charge in [-0.2, -0.15) is 0 Å². The summed E-state index contributed by atoms with van der Waals surface area (Å²) in [6.45, 7) is 5.49. The molecule has 5 nitrogen and oxygen atoms in total. The molecule has 0 radical (unpaired) electrons. The third-order valence-electron chi connectivity index (χ3n) is 3.74. The van der Waals surface area contributed by atoms with Crippen LogP contribution in [0.25, 0.3) is 10.6 Å². The summed E-state index contributed by atoms with van der Waals surface area (Å²) in [5.41, 5.74) is 1.04. The largest absolute Gasteiger partial charge is 0.462 e. The molecule has 0 spiro atoms. The molecule has 1 aliphatic rings. The molecule has 0 saturated carbocycles. The topological polar surface area (TPSA) is 51.7 Å². The number of ether oxygens (including phenoxy) is 2. The quantitative estimate of drug-likeness (QED) is 0.776. The Kier molecular flexibility index (Phi) is 5.55. The van der Waals surface area contributed by atoms with Gasteiger partial charge < -0.3 is 9.47 Å². The van der Waals surface area contributed by atoms with Gasteiger partial charge in [-0.1, -0.05) is 12.1 Å². The third-order valence-corrected chi connectivity index (χ3v) is 4.85.